The maximum absolute atomic E-state index is 10.8. The Bertz CT molecular complexity index is 724. The molecule has 0 amide bonds. The number of aryl methyl sites for hydroxylation is 2. The van der Waals surface area contributed by atoms with Crippen LogP contribution < -0.4 is 5.32 Å². The fourth-order valence-corrected chi connectivity index (χ4v) is 3.76. The molecular formula is C15H13N3O2S. The number of nitriles is 1. The summed E-state index contributed by atoms with van der Waals surface area (Å²) in [6.45, 7) is 0.681. The van der Waals surface area contributed by atoms with E-state index in [1.807, 2.05) is 17.4 Å². The van der Waals surface area contributed by atoms with Crippen molar-refractivity contribution in [3.8, 4) is 6.07 Å². The van der Waals surface area contributed by atoms with Crippen LogP contribution in [0.2, 0.25) is 0 Å². The molecule has 2 aromatic rings. The van der Waals surface area contributed by atoms with Gasteiger partial charge in [-0.2, -0.15) is 5.26 Å². The van der Waals surface area contributed by atoms with E-state index in [4.69, 9.17) is 5.26 Å². The third kappa shape index (κ3) is 2.73. The Balaban J connectivity index is 1.73. The zero-order chi connectivity index (χ0) is 14.8. The summed E-state index contributed by atoms with van der Waals surface area (Å²) in [5.74, 6) is 0. The highest BCUT2D eigenvalue weighted by molar-refractivity contribution is 7.12. The van der Waals surface area contributed by atoms with E-state index in [1.165, 1.54) is 46.7 Å². The SMILES string of the molecule is N#Cc1cc(NCc2cc3c(s2)CCC3)ccc1[N+](=O)[O-]. The van der Waals surface area contributed by atoms with Crippen molar-refractivity contribution in [3.05, 3.63) is 55.3 Å². The topological polar surface area (TPSA) is 79.0 Å². The number of rotatable bonds is 4. The molecular weight excluding hydrogens is 286 g/mol. The summed E-state index contributed by atoms with van der Waals surface area (Å²) in [5.41, 5.74) is 2.11. The molecule has 0 atom stereocenters. The number of thiophene rings is 1. The van der Waals surface area contributed by atoms with Crippen molar-refractivity contribution in [1.82, 2.24) is 0 Å². The number of hydrogen-bond donors (Lipinski definition) is 1. The van der Waals surface area contributed by atoms with Gasteiger partial charge in [0.1, 0.15) is 11.6 Å². The van der Waals surface area contributed by atoms with Crippen LogP contribution in [0.25, 0.3) is 0 Å². The first-order valence-electron chi connectivity index (χ1n) is 6.70. The molecule has 1 N–H and O–H groups in total. The molecule has 0 saturated carbocycles. The van der Waals surface area contributed by atoms with Crippen LogP contribution in [-0.4, -0.2) is 4.92 Å². The third-order valence-electron chi connectivity index (χ3n) is 3.58. The molecule has 1 aliphatic carbocycles. The molecule has 0 unspecified atom stereocenters. The van der Waals surface area contributed by atoms with E-state index in [9.17, 15) is 10.1 Å². The van der Waals surface area contributed by atoms with Gasteiger partial charge in [-0.1, -0.05) is 0 Å². The summed E-state index contributed by atoms with van der Waals surface area (Å²) in [6, 6.07) is 8.64. The maximum Gasteiger partial charge on any atom is 0.287 e. The van der Waals surface area contributed by atoms with Crippen LogP contribution in [0.3, 0.4) is 0 Å². The average Bonchev–Trinajstić information content (AvgIpc) is 3.05. The molecule has 6 heteroatoms. The number of hydrogen-bond acceptors (Lipinski definition) is 5. The molecule has 0 aliphatic heterocycles. The number of nitro groups is 1. The third-order valence-corrected chi connectivity index (χ3v) is 4.82. The van der Waals surface area contributed by atoms with E-state index in [1.54, 1.807) is 6.07 Å². The molecule has 1 heterocycles. The molecule has 1 aromatic carbocycles. The Morgan fingerprint density at radius 1 is 1.38 bits per heavy atom. The summed E-state index contributed by atoms with van der Waals surface area (Å²) in [4.78, 5) is 13.0. The Kier molecular flexibility index (Phi) is 3.59. The molecule has 0 spiro atoms. The lowest BCUT2D eigenvalue weighted by molar-refractivity contribution is -0.385. The van der Waals surface area contributed by atoms with Gasteiger partial charge in [-0.25, -0.2) is 0 Å². The van der Waals surface area contributed by atoms with E-state index in [0.717, 1.165) is 5.69 Å². The fraction of sp³-hybridized carbons (Fsp3) is 0.267. The van der Waals surface area contributed by atoms with E-state index >= 15 is 0 Å². The van der Waals surface area contributed by atoms with E-state index in [0.29, 0.717) is 6.54 Å². The maximum atomic E-state index is 10.8. The normalized spacial score (nSPS) is 12.7. The minimum atomic E-state index is -0.536. The second kappa shape index (κ2) is 5.54. The Labute approximate surface area is 126 Å². The molecule has 106 valence electrons. The van der Waals surface area contributed by atoms with Crippen molar-refractivity contribution in [2.24, 2.45) is 0 Å². The highest BCUT2D eigenvalue weighted by Gasteiger charge is 2.16. The highest BCUT2D eigenvalue weighted by Crippen LogP contribution is 2.31. The monoisotopic (exact) mass is 299 g/mol. The lowest BCUT2D eigenvalue weighted by atomic mass is 10.1. The molecule has 0 saturated heterocycles. The van der Waals surface area contributed by atoms with E-state index in [-0.39, 0.29) is 11.3 Å². The van der Waals surface area contributed by atoms with Gasteiger partial charge in [0.2, 0.25) is 0 Å². The predicted molar refractivity (Wildman–Crippen MR) is 81.5 cm³/mol. The predicted octanol–water partition coefficient (Wildman–Crippen LogP) is 3.63. The molecule has 0 fully saturated rings. The largest absolute Gasteiger partial charge is 0.380 e. The lowest BCUT2D eigenvalue weighted by Crippen LogP contribution is -1.99. The molecule has 0 radical (unpaired) electrons. The molecule has 3 rings (SSSR count). The first kappa shape index (κ1) is 13.6. The number of nitro benzene ring substituents is 1. The van der Waals surface area contributed by atoms with Crippen molar-refractivity contribution in [3.63, 3.8) is 0 Å². The number of fused-ring (bicyclic) bond motifs is 1. The van der Waals surface area contributed by atoms with Gasteiger partial charge in [-0.05, 0) is 43.0 Å². The average molecular weight is 299 g/mol. The molecule has 5 nitrogen and oxygen atoms in total. The number of benzene rings is 1. The number of nitrogens with zero attached hydrogens (tertiary/aromatic N) is 2. The Morgan fingerprint density at radius 3 is 2.95 bits per heavy atom. The zero-order valence-corrected chi connectivity index (χ0v) is 12.1. The molecule has 1 aromatic heterocycles. The van der Waals surface area contributed by atoms with Gasteiger partial charge >= 0.3 is 0 Å². The van der Waals surface area contributed by atoms with Gasteiger partial charge in [0.05, 0.1) is 4.92 Å². The van der Waals surface area contributed by atoms with Gasteiger partial charge < -0.3 is 5.32 Å². The van der Waals surface area contributed by atoms with Crippen LogP contribution in [0.4, 0.5) is 11.4 Å². The summed E-state index contributed by atoms with van der Waals surface area (Å²) in [7, 11) is 0. The standard InChI is InChI=1S/C15H13N3O2S/c16-8-11-6-12(4-5-14(11)18(19)20)17-9-13-7-10-2-1-3-15(10)21-13/h4-7,17H,1-3,9H2. The minimum absolute atomic E-state index is 0.0821. The van der Waals surface area contributed by atoms with Crippen molar-refractivity contribution in [2.75, 3.05) is 5.32 Å². The van der Waals surface area contributed by atoms with Crippen molar-refractivity contribution in [1.29, 1.82) is 5.26 Å². The van der Waals surface area contributed by atoms with Crippen LogP contribution in [-0.2, 0) is 19.4 Å². The van der Waals surface area contributed by atoms with Crippen LogP contribution >= 0.6 is 11.3 Å². The van der Waals surface area contributed by atoms with Crippen molar-refractivity contribution in [2.45, 2.75) is 25.8 Å². The van der Waals surface area contributed by atoms with E-state index in [2.05, 4.69) is 11.4 Å². The second-order valence-electron chi connectivity index (χ2n) is 4.97. The van der Waals surface area contributed by atoms with Crippen molar-refractivity contribution < 1.29 is 4.92 Å². The lowest BCUT2D eigenvalue weighted by Gasteiger charge is -2.05. The Hall–Kier alpha value is -2.39. The highest BCUT2D eigenvalue weighted by atomic mass is 32.1. The summed E-state index contributed by atoms with van der Waals surface area (Å²) >= 11 is 1.82. The van der Waals surface area contributed by atoms with Gasteiger partial charge in [0.15, 0.2) is 0 Å². The summed E-state index contributed by atoms with van der Waals surface area (Å²) in [5, 5.41) is 23.0. The Morgan fingerprint density at radius 2 is 2.24 bits per heavy atom. The van der Waals surface area contributed by atoms with E-state index < -0.39 is 4.92 Å². The summed E-state index contributed by atoms with van der Waals surface area (Å²) < 4.78 is 0. The van der Waals surface area contributed by atoms with Crippen LogP contribution in [0.1, 0.15) is 27.3 Å². The van der Waals surface area contributed by atoms with Crippen LogP contribution in [0.15, 0.2) is 24.3 Å². The first-order valence-corrected chi connectivity index (χ1v) is 7.52. The summed E-state index contributed by atoms with van der Waals surface area (Å²) in [6.07, 6.45) is 3.60. The van der Waals surface area contributed by atoms with Crippen LogP contribution in [0, 0.1) is 21.4 Å². The minimum Gasteiger partial charge on any atom is -0.380 e. The van der Waals surface area contributed by atoms with Gasteiger partial charge in [-0.15, -0.1) is 11.3 Å². The number of anilines is 1. The fourth-order valence-electron chi connectivity index (χ4n) is 2.56. The molecule has 0 bridgehead atoms. The zero-order valence-electron chi connectivity index (χ0n) is 11.3. The quantitative estimate of drug-likeness (QED) is 0.690. The van der Waals surface area contributed by atoms with Crippen molar-refractivity contribution >= 4 is 22.7 Å². The van der Waals surface area contributed by atoms with Gasteiger partial charge in [0, 0.05) is 28.1 Å². The van der Waals surface area contributed by atoms with Crippen LogP contribution in [0.5, 0.6) is 0 Å². The second-order valence-corrected chi connectivity index (χ2v) is 6.19. The molecule has 1 aliphatic rings. The first-order chi connectivity index (χ1) is 10.2. The number of nitrogens with one attached hydrogen (secondary N) is 1. The molecule has 21 heavy (non-hydrogen) atoms. The van der Waals surface area contributed by atoms with Gasteiger partial charge in [0.25, 0.3) is 5.69 Å². The smallest absolute Gasteiger partial charge is 0.287 e. The van der Waals surface area contributed by atoms with Gasteiger partial charge in [-0.3, -0.25) is 10.1 Å².